The van der Waals surface area contributed by atoms with E-state index in [0.717, 1.165) is 31.9 Å². The number of fused-ring (bicyclic) bond motifs is 3. The fraction of sp³-hybridized carbons (Fsp3) is 0. The van der Waals surface area contributed by atoms with Crippen molar-refractivity contribution in [2.45, 2.75) is 0 Å². The number of oxazole rings is 1. The Balaban J connectivity index is 2.07. The van der Waals surface area contributed by atoms with Gasteiger partial charge in [0.1, 0.15) is 5.52 Å². The Hall–Kier alpha value is -2.20. The monoisotopic (exact) mass is 324 g/mol. The third-order valence-corrected chi connectivity index (χ3v) is 3.93. The zero-order valence-corrected chi connectivity index (χ0v) is 12.0. The molecule has 0 radical (unpaired) electrons. The summed E-state index contributed by atoms with van der Waals surface area (Å²) in [5.41, 5.74) is 2.59. The lowest BCUT2D eigenvalue weighted by atomic mass is 10.1. The van der Waals surface area contributed by atoms with Gasteiger partial charge in [-0.15, -0.1) is 0 Å². The molecule has 4 rings (SSSR count). The second-order valence-electron chi connectivity index (χ2n) is 4.51. The fourth-order valence-corrected chi connectivity index (χ4v) is 2.89. The van der Waals surface area contributed by atoms with E-state index in [1.54, 1.807) is 12.4 Å². The molecule has 0 saturated carbocycles. The third-order valence-electron chi connectivity index (χ3n) is 3.28. The maximum atomic E-state index is 5.87. The molecule has 2 aromatic heterocycles. The fourth-order valence-electron chi connectivity index (χ4n) is 2.33. The second-order valence-corrected chi connectivity index (χ2v) is 5.36. The van der Waals surface area contributed by atoms with Gasteiger partial charge in [0.25, 0.3) is 0 Å². The van der Waals surface area contributed by atoms with E-state index >= 15 is 0 Å². The van der Waals surface area contributed by atoms with E-state index in [4.69, 9.17) is 4.42 Å². The highest BCUT2D eigenvalue weighted by atomic mass is 79.9. The molecule has 0 aliphatic rings. The van der Waals surface area contributed by atoms with Crippen LogP contribution in [0.5, 0.6) is 0 Å². The van der Waals surface area contributed by atoms with Crippen molar-refractivity contribution in [1.29, 1.82) is 0 Å². The van der Waals surface area contributed by atoms with E-state index in [0.29, 0.717) is 5.89 Å². The van der Waals surface area contributed by atoms with E-state index in [1.165, 1.54) is 0 Å². The maximum Gasteiger partial charge on any atom is 0.227 e. The van der Waals surface area contributed by atoms with Gasteiger partial charge in [0.15, 0.2) is 5.58 Å². The molecule has 3 nitrogen and oxygen atoms in total. The van der Waals surface area contributed by atoms with Gasteiger partial charge in [-0.3, -0.25) is 4.98 Å². The van der Waals surface area contributed by atoms with Crippen LogP contribution < -0.4 is 0 Å². The van der Waals surface area contributed by atoms with Gasteiger partial charge in [-0.25, -0.2) is 4.98 Å². The zero-order chi connectivity index (χ0) is 13.5. The van der Waals surface area contributed by atoms with Crippen LogP contribution in [-0.4, -0.2) is 9.97 Å². The Morgan fingerprint density at radius 3 is 2.50 bits per heavy atom. The van der Waals surface area contributed by atoms with Crippen LogP contribution >= 0.6 is 15.9 Å². The molecular weight excluding hydrogens is 316 g/mol. The summed E-state index contributed by atoms with van der Waals surface area (Å²) < 4.78 is 6.89. The Labute approximate surface area is 123 Å². The first-order chi connectivity index (χ1) is 9.83. The minimum atomic E-state index is 0.616. The lowest BCUT2D eigenvalue weighted by Crippen LogP contribution is -1.79. The molecule has 2 heterocycles. The van der Waals surface area contributed by atoms with Gasteiger partial charge in [0.05, 0.1) is 0 Å². The van der Waals surface area contributed by atoms with Crippen LogP contribution in [0.3, 0.4) is 0 Å². The van der Waals surface area contributed by atoms with Crippen LogP contribution in [0.1, 0.15) is 0 Å². The van der Waals surface area contributed by atoms with Crippen molar-refractivity contribution < 1.29 is 4.42 Å². The maximum absolute atomic E-state index is 5.87. The number of nitrogens with zero attached hydrogens (tertiary/aromatic N) is 2. The number of rotatable bonds is 1. The molecule has 0 saturated heterocycles. The molecule has 96 valence electrons. The summed E-state index contributed by atoms with van der Waals surface area (Å²) in [6.07, 6.45) is 3.47. The van der Waals surface area contributed by atoms with Gasteiger partial charge in [-0.1, -0.05) is 40.2 Å². The van der Waals surface area contributed by atoms with Crippen molar-refractivity contribution in [1.82, 2.24) is 9.97 Å². The lowest BCUT2D eigenvalue weighted by Gasteiger charge is -1.99. The first-order valence-corrected chi connectivity index (χ1v) is 7.00. The van der Waals surface area contributed by atoms with E-state index in [9.17, 15) is 0 Å². The first kappa shape index (κ1) is 11.6. The average Bonchev–Trinajstić information content (AvgIpc) is 2.93. The molecule has 4 heteroatoms. The normalized spacial score (nSPS) is 11.2. The van der Waals surface area contributed by atoms with Gasteiger partial charge in [0, 0.05) is 27.8 Å². The molecule has 20 heavy (non-hydrogen) atoms. The number of aromatic nitrogens is 2. The predicted octanol–water partition coefficient (Wildman–Crippen LogP) is 4.81. The van der Waals surface area contributed by atoms with E-state index in [1.807, 2.05) is 30.3 Å². The molecule has 0 bridgehead atoms. The van der Waals surface area contributed by atoms with Crippen LogP contribution in [0.4, 0.5) is 0 Å². The molecule has 0 N–H and O–H groups in total. The highest BCUT2D eigenvalue weighted by Gasteiger charge is 2.12. The van der Waals surface area contributed by atoms with Crippen LogP contribution in [-0.2, 0) is 0 Å². The summed E-state index contributed by atoms with van der Waals surface area (Å²) in [4.78, 5) is 8.65. The van der Waals surface area contributed by atoms with Crippen molar-refractivity contribution in [3.05, 3.63) is 59.3 Å². The standard InChI is InChI=1S/C16H9BrN2O/c17-13-9-14-15(12-4-2-1-3-11(12)13)19-16(20-14)10-5-7-18-8-6-10/h1-9H. The lowest BCUT2D eigenvalue weighted by molar-refractivity contribution is 0.619. The number of benzene rings is 2. The second kappa shape index (κ2) is 4.42. The number of pyridine rings is 1. The molecule has 4 aromatic rings. The van der Waals surface area contributed by atoms with Gasteiger partial charge in [0.2, 0.25) is 5.89 Å². The summed E-state index contributed by atoms with van der Waals surface area (Å²) >= 11 is 3.59. The van der Waals surface area contributed by atoms with Gasteiger partial charge >= 0.3 is 0 Å². The Bertz CT molecular complexity index is 916. The van der Waals surface area contributed by atoms with Gasteiger partial charge in [-0.05, 0) is 23.6 Å². The smallest absolute Gasteiger partial charge is 0.227 e. The minimum absolute atomic E-state index is 0.616. The Morgan fingerprint density at radius 1 is 0.950 bits per heavy atom. The third kappa shape index (κ3) is 1.72. The molecule has 0 fully saturated rings. The van der Waals surface area contributed by atoms with Crippen molar-refractivity contribution in [2.75, 3.05) is 0 Å². The zero-order valence-electron chi connectivity index (χ0n) is 10.4. The Morgan fingerprint density at radius 2 is 1.70 bits per heavy atom. The van der Waals surface area contributed by atoms with Crippen LogP contribution in [0.15, 0.2) is 63.7 Å². The summed E-state index contributed by atoms with van der Waals surface area (Å²) in [6.45, 7) is 0. The molecule has 0 aliphatic carbocycles. The molecule has 0 atom stereocenters. The van der Waals surface area contributed by atoms with Crippen LogP contribution in [0, 0.1) is 0 Å². The van der Waals surface area contributed by atoms with Crippen molar-refractivity contribution in [2.24, 2.45) is 0 Å². The van der Waals surface area contributed by atoms with Crippen molar-refractivity contribution in [3.63, 3.8) is 0 Å². The quantitative estimate of drug-likeness (QED) is 0.504. The summed E-state index contributed by atoms with van der Waals surface area (Å²) in [7, 11) is 0. The average molecular weight is 325 g/mol. The van der Waals surface area contributed by atoms with E-state index < -0.39 is 0 Å². The first-order valence-electron chi connectivity index (χ1n) is 6.21. The minimum Gasteiger partial charge on any atom is -0.436 e. The van der Waals surface area contributed by atoms with Crippen molar-refractivity contribution in [3.8, 4) is 11.5 Å². The topological polar surface area (TPSA) is 38.9 Å². The molecule has 0 spiro atoms. The van der Waals surface area contributed by atoms with Gasteiger partial charge < -0.3 is 4.42 Å². The molecule has 0 aliphatic heterocycles. The summed E-state index contributed by atoms with van der Waals surface area (Å²) in [5.74, 6) is 0.616. The van der Waals surface area contributed by atoms with Crippen molar-refractivity contribution >= 4 is 37.8 Å². The molecular formula is C16H9BrN2O. The summed E-state index contributed by atoms with van der Waals surface area (Å²) in [6, 6.07) is 13.9. The SMILES string of the molecule is Brc1cc2oc(-c3ccncc3)nc2c2ccccc12. The Kier molecular flexibility index (Phi) is 2.57. The molecule has 2 aromatic carbocycles. The highest BCUT2D eigenvalue weighted by molar-refractivity contribution is 9.10. The largest absolute Gasteiger partial charge is 0.436 e. The van der Waals surface area contributed by atoms with Gasteiger partial charge in [-0.2, -0.15) is 0 Å². The molecule has 0 unspecified atom stereocenters. The van der Waals surface area contributed by atoms with Crippen LogP contribution in [0.2, 0.25) is 0 Å². The summed E-state index contributed by atoms with van der Waals surface area (Å²) in [5, 5.41) is 2.22. The number of hydrogen-bond donors (Lipinski definition) is 0. The predicted molar refractivity (Wildman–Crippen MR) is 82.4 cm³/mol. The van der Waals surface area contributed by atoms with Crippen LogP contribution in [0.25, 0.3) is 33.3 Å². The number of halogens is 1. The van der Waals surface area contributed by atoms with E-state index in [-0.39, 0.29) is 0 Å². The highest BCUT2D eigenvalue weighted by Crippen LogP contribution is 2.34. The van der Waals surface area contributed by atoms with E-state index in [2.05, 4.69) is 38.0 Å². The molecule has 0 amide bonds. The number of hydrogen-bond acceptors (Lipinski definition) is 3.